The fraction of sp³-hybridized carbons (Fsp3) is 0.125. The molecule has 0 unspecified atom stereocenters. The third kappa shape index (κ3) is 3.90. The summed E-state index contributed by atoms with van der Waals surface area (Å²) in [6.45, 7) is 0. The summed E-state index contributed by atoms with van der Waals surface area (Å²) in [5, 5.41) is 0. The smallest absolute Gasteiger partial charge is 0.337 e. The van der Waals surface area contributed by atoms with Crippen LogP contribution in [-0.4, -0.2) is 34.6 Å². The summed E-state index contributed by atoms with van der Waals surface area (Å²) in [6.07, 6.45) is 0. The molecule has 0 spiro atoms. The van der Waals surface area contributed by atoms with E-state index in [1.165, 1.54) is 44.6 Å². The summed E-state index contributed by atoms with van der Waals surface area (Å²) >= 11 is 0. The number of sulfonamides is 1. The molecule has 0 heterocycles. The molecule has 0 aliphatic heterocycles. The number of nitrogens with one attached hydrogen (secondary N) is 1. The first-order valence-electron chi connectivity index (χ1n) is 6.77. The van der Waals surface area contributed by atoms with Crippen LogP contribution in [0.2, 0.25) is 0 Å². The van der Waals surface area contributed by atoms with Gasteiger partial charge in [-0.05, 0) is 30.3 Å². The highest BCUT2D eigenvalue weighted by Crippen LogP contribution is 2.20. The lowest BCUT2D eigenvalue weighted by Gasteiger charge is -2.11. The van der Waals surface area contributed by atoms with Crippen LogP contribution in [0.1, 0.15) is 20.7 Å². The molecule has 24 heavy (non-hydrogen) atoms. The lowest BCUT2D eigenvalue weighted by Crippen LogP contribution is -2.15. The first kappa shape index (κ1) is 17.5. The average molecular weight is 349 g/mol. The van der Waals surface area contributed by atoms with Crippen molar-refractivity contribution in [3.8, 4) is 0 Å². The van der Waals surface area contributed by atoms with Gasteiger partial charge in [0.1, 0.15) is 0 Å². The van der Waals surface area contributed by atoms with Gasteiger partial charge in [-0.3, -0.25) is 4.72 Å². The molecule has 0 aromatic heterocycles. The molecular weight excluding hydrogens is 334 g/mol. The molecule has 2 aromatic rings. The van der Waals surface area contributed by atoms with Crippen molar-refractivity contribution in [2.75, 3.05) is 18.9 Å². The molecule has 0 atom stereocenters. The van der Waals surface area contributed by atoms with E-state index in [2.05, 4.69) is 14.2 Å². The highest BCUT2D eigenvalue weighted by Gasteiger charge is 2.18. The number of benzene rings is 2. The molecule has 1 N–H and O–H groups in total. The van der Waals surface area contributed by atoms with Crippen LogP contribution in [0, 0.1) is 0 Å². The first-order valence-corrected chi connectivity index (χ1v) is 8.25. The number of esters is 2. The molecule has 126 valence electrons. The van der Waals surface area contributed by atoms with Gasteiger partial charge in [-0.15, -0.1) is 0 Å². The van der Waals surface area contributed by atoms with Crippen LogP contribution >= 0.6 is 0 Å². The third-order valence-corrected chi connectivity index (χ3v) is 4.48. The van der Waals surface area contributed by atoms with E-state index in [-0.39, 0.29) is 21.7 Å². The Bertz CT molecular complexity index is 827. The Hall–Kier alpha value is -2.87. The minimum Gasteiger partial charge on any atom is -0.465 e. The number of rotatable bonds is 5. The van der Waals surface area contributed by atoms with Crippen molar-refractivity contribution < 1.29 is 27.5 Å². The van der Waals surface area contributed by atoms with Crippen molar-refractivity contribution in [3.63, 3.8) is 0 Å². The van der Waals surface area contributed by atoms with Gasteiger partial charge >= 0.3 is 11.9 Å². The van der Waals surface area contributed by atoms with Crippen LogP contribution in [0.4, 0.5) is 5.69 Å². The second-order valence-electron chi connectivity index (χ2n) is 4.70. The maximum atomic E-state index is 12.4. The molecule has 0 amide bonds. The Morgan fingerprint density at radius 2 is 1.38 bits per heavy atom. The summed E-state index contributed by atoms with van der Waals surface area (Å²) in [5.74, 6) is -1.41. The van der Waals surface area contributed by atoms with Crippen LogP contribution in [0.3, 0.4) is 0 Å². The molecular formula is C16H15NO6S. The Morgan fingerprint density at radius 3 is 1.83 bits per heavy atom. The quantitative estimate of drug-likeness (QED) is 0.830. The maximum absolute atomic E-state index is 12.4. The number of carbonyl (C=O) groups excluding carboxylic acids is 2. The SMILES string of the molecule is COC(=O)c1cc(NS(=O)(=O)c2ccccc2)cc(C(=O)OC)c1. The second-order valence-corrected chi connectivity index (χ2v) is 6.38. The summed E-state index contributed by atoms with van der Waals surface area (Å²) in [4.78, 5) is 23.5. The minimum atomic E-state index is -3.87. The largest absolute Gasteiger partial charge is 0.465 e. The van der Waals surface area contributed by atoms with Gasteiger partial charge in [0, 0.05) is 0 Å². The highest BCUT2D eigenvalue weighted by atomic mass is 32.2. The number of anilines is 1. The average Bonchev–Trinajstić information content (AvgIpc) is 2.60. The lowest BCUT2D eigenvalue weighted by atomic mass is 10.1. The van der Waals surface area contributed by atoms with E-state index in [4.69, 9.17) is 0 Å². The van der Waals surface area contributed by atoms with Gasteiger partial charge in [-0.25, -0.2) is 18.0 Å². The van der Waals surface area contributed by atoms with E-state index >= 15 is 0 Å². The van der Waals surface area contributed by atoms with E-state index in [1.807, 2.05) is 0 Å². The molecule has 0 bridgehead atoms. The van der Waals surface area contributed by atoms with Crippen LogP contribution in [0.5, 0.6) is 0 Å². The minimum absolute atomic E-state index is 0.0196. The fourth-order valence-corrected chi connectivity index (χ4v) is 3.03. The Balaban J connectivity index is 2.46. The topological polar surface area (TPSA) is 98.8 Å². The van der Waals surface area contributed by atoms with E-state index in [0.29, 0.717) is 0 Å². The van der Waals surface area contributed by atoms with Gasteiger partial charge in [0.2, 0.25) is 0 Å². The number of ether oxygens (including phenoxy) is 2. The molecule has 2 aromatic carbocycles. The standard InChI is InChI=1S/C16H15NO6S/c1-22-15(18)11-8-12(16(19)23-2)10-13(9-11)17-24(20,21)14-6-4-3-5-7-14/h3-10,17H,1-2H3. The van der Waals surface area contributed by atoms with Crippen LogP contribution in [0.15, 0.2) is 53.4 Å². The van der Waals surface area contributed by atoms with Crippen molar-refractivity contribution >= 4 is 27.6 Å². The molecule has 0 radical (unpaired) electrons. The zero-order chi connectivity index (χ0) is 17.7. The highest BCUT2D eigenvalue weighted by molar-refractivity contribution is 7.92. The molecule has 0 saturated carbocycles. The van der Waals surface area contributed by atoms with E-state index in [0.717, 1.165) is 0 Å². The number of methoxy groups -OCH3 is 2. The van der Waals surface area contributed by atoms with E-state index < -0.39 is 22.0 Å². The summed E-state index contributed by atoms with van der Waals surface area (Å²) in [7, 11) is -1.50. The van der Waals surface area contributed by atoms with Crippen LogP contribution in [0.25, 0.3) is 0 Å². The zero-order valence-electron chi connectivity index (χ0n) is 13.0. The van der Waals surface area contributed by atoms with Crippen LogP contribution < -0.4 is 4.72 Å². The third-order valence-electron chi connectivity index (χ3n) is 3.08. The van der Waals surface area contributed by atoms with Gasteiger partial charge in [-0.2, -0.15) is 0 Å². The molecule has 8 heteroatoms. The molecule has 7 nitrogen and oxygen atoms in total. The van der Waals surface area contributed by atoms with E-state index in [9.17, 15) is 18.0 Å². The second kappa shape index (κ2) is 7.14. The van der Waals surface area contributed by atoms with Gasteiger partial charge in [0.25, 0.3) is 10.0 Å². The molecule has 0 saturated heterocycles. The fourth-order valence-electron chi connectivity index (χ4n) is 1.97. The number of hydrogen-bond acceptors (Lipinski definition) is 6. The van der Waals surface area contributed by atoms with Gasteiger partial charge < -0.3 is 9.47 Å². The van der Waals surface area contributed by atoms with Crippen molar-refractivity contribution in [2.45, 2.75) is 4.90 Å². The summed E-state index contributed by atoms with van der Waals surface area (Å²) < 4.78 is 36.3. The number of hydrogen-bond donors (Lipinski definition) is 1. The monoisotopic (exact) mass is 349 g/mol. The molecule has 0 fully saturated rings. The predicted molar refractivity (Wildman–Crippen MR) is 86.4 cm³/mol. The Kier molecular flexibility index (Phi) is 5.20. The van der Waals surface area contributed by atoms with Gasteiger partial charge in [0.05, 0.1) is 35.9 Å². The molecule has 2 rings (SSSR count). The molecule has 0 aliphatic rings. The van der Waals surface area contributed by atoms with Crippen molar-refractivity contribution in [1.29, 1.82) is 0 Å². The van der Waals surface area contributed by atoms with E-state index in [1.54, 1.807) is 18.2 Å². The van der Waals surface area contributed by atoms with Gasteiger partial charge in [-0.1, -0.05) is 18.2 Å². The zero-order valence-corrected chi connectivity index (χ0v) is 13.8. The van der Waals surface area contributed by atoms with Crippen LogP contribution in [-0.2, 0) is 19.5 Å². The predicted octanol–water partition coefficient (Wildman–Crippen LogP) is 2.06. The summed E-state index contributed by atoms with van der Waals surface area (Å²) in [5.41, 5.74) is 0.0828. The first-order chi connectivity index (χ1) is 11.4. The Morgan fingerprint density at radius 1 is 0.875 bits per heavy atom. The Labute approximate surface area is 139 Å². The van der Waals surface area contributed by atoms with Crippen molar-refractivity contribution in [1.82, 2.24) is 0 Å². The lowest BCUT2D eigenvalue weighted by molar-refractivity contribution is 0.0599. The number of carbonyl (C=O) groups is 2. The molecule has 0 aliphatic carbocycles. The normalized spacial score (nSPS) is 10.8. The van der Waals surface area contributed by atoms with Crippen molar-refractivity contribution in [3.05, 3.63) is 59.7 Å². The maximum Gasteiger partial charge on any atom is 0.337 e. The van der Waals surface area contributed by atoms with Gasteiger partial charge in [0.15, 0.2) is 0 Å². The van der Waals surface area contributed by atoms with Crippen molar-refractivity contribution in [2.24, 2.45) is 0 Å². The summed E-state index contributed by atoms with van der Waals surface area (Å²) in [6, 6.07) is 11.5.